The van der Waals surface area contributed by atoms with Gasteiger partial charge in [-0.3, -0.25) is 9.00 Å². The van der Waals surface area contributed by atoms with Crippen molar-refractivity contribution in [1.82, 2.24) is 0 Å². The number of esters is 1. The van der Waals surface area contributed by atoms with E-state index in [0.717, 1.165) is 9.35 Å². The summed E-state index contributed by atoms with van der Waals surface area (Å²) in [6.07, 6.45) is 0.201. The molecule has 2 atom stereocenters. The highest BCUT2D eigenvalue weighted by Gasteiger charge is 2.17. The van der Waals surface area contributed by atoms with Gasteiger partial charge in [-0.1, -0.05) is 6.92 Å². The Morgan fingerprint density at radius 3 is 2.88 bits per heavy atom. The number of carbonyl (C=O) groups excluding carboxylic acids is 1. The van der Waals surface area contributed by atoms with E-state index in [-0.39, 0.29) is 17.6 Å². The van der Waals surface area contributed by atoms with Crippen LogP contribution < -0.4 is 0 Å². The Morgan fingerprint density at radius 2 is 2.38 bits per heavy atom. The Bertz CT molecular complexity index is 389. The van der Waals surface area contributed by atoms with Crippen molar-refractivity contribution >= 4 is 44.0 Å². The van der Waals surface area contributed by atoms with Crippen LogP contribution in [0.3, 0.4) is 0 Å². The minimum absolute atomic E-state index is 0.179. The van der Waals surface area contributed by atoms with Gasteiger partial charge in [0.05, 0.1) is 19.3 Å². The van der Waals surface area contributed by atoms with Gasteiger partial charge in [0.15, 0.2) is 0 Å². The Hall–Kier alpha value is -0.200. The second-order valence-corrected chi connectivity index (χ2v) is 7.02. The summed E-state index contributed by atoms with van der Waals surface area (Å²) in [7, 11) is 0.294. The molecule has 0 spiro atoms. The largest absolute Gasteiger partial charge is 0.469 e. The lowest BCUT2D eigenvalue weighted by Gasteiger charge is -2.09. The van der Waals surface area contributed by atoms with Crippen LogP contribution >= 0.6 is 27.3 Å². The molecule has 0 amide bonds. The number of halogens is 1. The lowest BCUT2D eigenvalue weighted by atomic mass is 10.3. The van der Waals surface area contributed by atoms with Crippen LogP contribution in [0, 0.1) is 0 Å². The van der Waals surface area contributed by atoms with E-state index in [1.54, 1.807) is 18.3 Å². The summed E-state index contributed by atoms with van der Waals surface area (Å²) in [6, 6.07) is 1.93. The second kappa shape index (κ2) is 6.51. The molecule has 0 radical (unpaired) electrons. The number of ether oxygens (including phenoxy) is 1. The van der Waals surface area contributed by atoms with Gasteiger partial charge < -0.3 is 4.74 Å². The van der Waals surface area contributed by atoms with E-state index in [0.29, 0.717) is 5.75 Å². The zero-order chi connectivity index (χ0) is 12.1. The molecule has 0 saturated carbocycles. The molecule has 0 fully saturated rings. The first-order chi connectivity index (χ1) is 7.54. The highest BCUT2D eigenvalue weighted by molar-refractivity contribution is 9.10. The molecule has 6 heteroatoms. The molecule has 0 aliphatic carbocycles. The number of hydrogen-bond acceptors (Lipinski definition) is 4. The van der Waals surface area contributed by atoms with Crippen LogP contribution in [0.2, 0.25) is 0 Å². The Balaban J connectivity index is 2.52. The topological polar surface area (TPSA) is 43.4 Å². The van der Waals surface area contributed by atoms with Crippen LogP contribution in [0.25, 0.3) is 0 Å². The quantitative estimate of drug-likeness (QED) is 0.782. The first-order valence-electron chi connectivity index (χ1n) is 4.70. The maximum Gasteiger partial charge on any atom is 0.306 e. The molecule has 0 aliphatic rings. The van der Waals surface area contributed by atoms with Crippen LogP contribution in [-0.2, 0) is 26.1 Å². The lowest BCUT2D eigenvalue weighted by Crippen LogP contribution is -2.18. The fraction of sp³-hybridized carbons (Fsp3) is 0.500. The number of rotatable bonds is 5. The van der Waals surface area contributed by atoms with Crippen LogP contribution in [0.5, 0.6) is 0 Å². The summed E-state index contributed by atoms with van der Waals surface area (Å²) in [4.78, 5) is 12.1. The van der Waals surface area contributed by atoms with Crippen molar-refractivity contribution in [2.45, 2.75) is 24.3 Å². The molecular weight excluding hydrogens is 312 g/mol. The van der Waals surface area contributed by atoms with Crippen LogP contribution in [0.4, 0.5) is 0 Å². The molecule has 1 rings (SSSR count). The van der Waals surface area contributed by atoms with Gasteiger partial charge in [0, 0.05) is 25.4 Å². The van der Waals surface area contributed by atoms with Crippen LogP contribution in [0.1, 0.15) is 18.2 Å². The van der Waals surface area contributed by atoms with Crippen molar-refractivity contribution < 1.29 is 13.7 Å². The first kappa shape index (κ1) is 13.9. The molecule has 0 aliphatic heterocycles. The van der Waals surface area contributed by atoms with Crippen molar-refractivity contribution in [3.8, 4) is 0 Å². The SMILES string of the molecule is COC(=O)CC(C)S(=O)Cc1sccc1Br. The van der Waals surface area contributed by atoms with Crippen LogP contribution in [-0.4, -0.2) is 22.5 Å². The number of thiophene rings is 1. The third-order valence-corrected chi connectivity index (χ3v) is 5.84. The summed E-state index contributed by atoms with van der Waals surface area (Å²) in [6.45, 7) is 1.80. The van der Waals surface area contributed by atoms with Gasteiger partial charge in [-0.25, -0.2) is 0 Å². The molecule has 1 aromatic rings. The van der Waals surface area contributed by atoms with E-state index in [9.17, 15) is 9.00 Å². The zero-order valence-electron chi connectivity index (χ0n) is 9.07. The van der Waals surface area contributed by atoms with Gasteiger partial charge >= 0.3 is 5.97 Å². The predicted molar refractivity (Wildman–Crippen MR) is 70.0 cm³/mol. The van der Waals surface area contributed by atoms with Gasteiger partial charge in [0.25, 0.3) is 0 Å². The third kappa shape index (κ3) is 3.99. The van der Waals surface area contributed by atoms with E-state index in [2.05, 4.69) is 20.7 Å². The molecule has 16 heavy (non-hydrogen) atoms. The fourth-order valence-electron chi connectivity index (χ4n) is 1.11. The summed E-state index contributed by atoms with van der Waals surface area (Å²) >= 11 is 4.96. The van der Waals surface area contributed by atoms with Crippen molar-refractivity contribution in [2.24, 2.45) is 0 Å². The monoisotopic (exact) mass is 324 g/mol. The van der Waals surface area contributed by atoms with Gasteiger partial charge in [0.2, 0.25) is 0 Å². The zero-order valence-corrected chi connectivity index (χ0v) is 12.3. The first-order valence-corrected chi connectivity index (χ1v) is 7.76. The Morgan fingerprint density at radius 1 is 1.69 bits per heavy atom. The number of methoxy groups -OCH3 is 1. The molecule has 90 valence electrons. The number of hydrogen-bond donors (Lipinski definition) is 0. The van der Waals surface area contributed by atoms with Crippen molar-refractivity contribution in [2.75, 3.05) is 7.11 Å². The smallest absolute Gasteiger partial charge is 0.306 e. The summed E-state index contributed by atoms with van der Waals surface area (Å²) < 4.78 is 17.4. The van der Waals surface area contributed by atoms with E-state index in [1.807, 2.05) is 11.4 Å². The lowest BCUT2D eigenvalue weighted by molar-refractivity contribution is -0.140. The van der Waals surface area contributed by atoms with Gasteiger partial charge in [-0.05, 0) is 27.4 Å². The molecule has 0 bridgehead atoms. The fourth-order valence-corrected chi connectivity index (χ4v) is 4.21. The van der Waals surface area contributed by atoms with Gasteiger partial charge in [0.1, 0.15) is 0 Å². The van der Waals surface area contributed by atoms with Crippen LogP contribution in [0.15, 0.2) is 15.9 Å². The average molecular weight is 325 g/mol. The van der Waals surface area contributed by atoms with Gasteiger partial charge in [-0.15, -0.1) is 11.3 Å². The van der Waals surface area contributed by atoms with Crippen molar-refractivity contribution in [3.63, 3.8) is 0 Å². The van der Waals surface area contributed by atoms with Gasteiger partial charge in [-0.2, -0.15) is 0 Å². The normalized spacial score (nSPS) is 14.4. The molecular formula is C10H13BrO3S2. The second-order valence-electron chi connectivity index (χ2n) is 3.31. The highest BCUT2D eigenvalue weighted by atomic mass is 79.9. The molecule has 0 saturated heterocycles. The predicted octanol–water partition coefficient (Wildman–Crippen LogP) is 2.71. The maximum absolute atomic E-state index is 11.9. The maximum atomic E-state index is 11.9. The molecule has 2 unspecified atom stereocenters. The minimum atomic E-state index is -1.05. The minimum Gasteiger partial charge on any atom is -0.469 e. The third-order valence-electron chi connectivity index (χ3n) is 2.09. The molecule has 1 aromatic heterocycles. The van der Waals surface area contributed by atoms with E-state index < -0.39 is 10.8 Å². The van der Waals surface area contributed by atoms with Crippen molar-refractivity contribution in [3.05, 3.63) is 20.8 Å². The molecule has 0 aromatic carbocycles. The molecule has 1 heterocycles. The highest BCUT2D eigenvalue weighted by Crippen LogP contribution is 2.25. The van der Waals surface area contributed by atoms with E-state index >= 15 is 0 Å². The summed E-state index contributed by atoms with van der Waals surface area (Å²) in [5, 5.41) is 1.77. The Kier molecular flexibility index (Phi) is 5.64. The molecule has 3 nitrogen and oxygen atoms in total. The summed E-state index contributed by atoms with van der Waals surface area (Å²) in [5.41, 5.74) is 0. The Labute approximate surface area is 110 Å². The average Bonchev–Trinajstić information content (AvgIpc) is 2.64. The van der Waals surface area contributed by atoms with E-state index in [1.165, 1.54) is 7.11 Å². The van der Waals surface area contributed by atoms with E-state index in [4.69, 9.17) is 0 Å². The standard InChI is InChI=1S/C10H13BrO3S2/c1-7(5-10(12)14-2)16(13)6-9-8(11)3-4-15-9/h3-4,7H,5-6H2,1-2H3. The number of carbonyl (C=O) groups is 1. The summed E-state index contributed by atoms with van der Waals surface area (Å²) in [5.74, 6) is 0.169. The van der Waals surface area contributed by atoms with Crippen molar-refractivity contribution in [1.29, 1.82) is 0 Å². The molecule has 0 N–H and O–H groups in total.